The molecule has 0 aliphatic rings. The summed E-state index contributed by atoms with van der Waals surface area (Å²) >= 11 is 1.39. The third kappa shape index (κ3) is 5.16. The fraction of sp³-hybridized carbons (Fsp3) is 0.389. The normalized spacial score (nSPS) is 11.2. The molecule has 6 heteroatoms. The van der Waals surface area contributed by atoms with Gasteiger partial charge in [0, 0.05) is 23.9 Å². The second-order valence-corrected chi connectivity index (χ2v) is 7.53. The minimum absolute atomic E-state index is 0.0568. The standard InChI is InChI=1S/C18H23N3O2S/c1-12-11-24-17(20-12)21-15(22)9-10-19-16(23)13-5-7-14(8-6-13)18(2,3)4/h5-8,11H,9-10H2,1-4H3,(H,19,23)(H,20,21,22). The molecule has 2 rings (SSSR count). The van der Waals surface area contributed by atoms with Gasteiger partial charge in [-0.25, -0.2) is 4.98 Å². The van der Waals surface area contributed by atoms with E-state index < -0.39 is 0 Å². The summed E-state index contributed by atoms with van der Waals surface area (Å²) in [6.45, 7) is 8.55. The smallest absolute Gasteiger partial charge is 0.251 e. The van der Waals surface area contributed by atoms with E-state index >= 15 is 0 Å². The topological polar surface area (TPSA) is 71.1 Å². The van der Waals surface area contributed by atoms with E-state index in [0.717, 1.165) is 5.69 Å². The molecular formula is C18H23N3O2S. The molecule has 1 heterocycles. The molecular weight excluding hydrogens is 322 g/mol. The zero-order valence-corrected chi connectivity index (χ0v) is 15.3. The average Bonchev–Trinajstić information content (AvgIpc) is 2.91. The average molecular weight is 345 g/mol. The number of nitrogens with one attached hydrogen (secondary N) is 2. The monoisotopic (exact) mass is 345 g/mol. The van der Waals surface area contributed by atoms with Crippen molar-refractivity contribution in [2.24, 2.45) is 0 Å². The van der Waals surface area contributed by atoms with Crippen LogP contribution in [0.1, 0.15) is 48.8 Å². The number of anilines is 1. The molecule has 0 aliphatic carbocycles. The maximum Gasteiger partial charge on any atom is 0.251 e. The van der Waals surface area contributed by atoms with Gasteiger partial charge in [-0.15, -0.1) is 11.3 Å². The third-order valence-corrected chi connectivity index (χ3v) is 4.39. The Morgan fingerprint density at radius 3 is 2.38 bits per heavy atom. The molecule has 0 atom stereocenters. The molecule has 24 heavy (non-hydrogen) atoms. The molecule has 0 fully saturated rings. The van der Waals surface area contributed by atoms with Gasteiger partial charge in [-0.2, -0.15) is 0 Å². The van der Waals surface area contributed by atoms with Crippen LogP contribution < -0.4 is 10.6 Å². The lowest BCUT2D eigenvalue weighted by Gasteiger charge is -2.19. The van der Waals surface area contributed by atoms with Gasteiger partial charge in [-0.05, 0) is 30.0 Å². The lowest BCUT2D eigenvalue weighted by Crippen LogP contribution is -2.27. The van der Waals surface area contributed by atoms with Gasteiger partial charge in [-0.1, -0.05) is 32.9 Å². The van der Waals surface area contributed by atoms with Gasteiger partial charge in [0.05, 0.1) is 5.69 Å². The van der Waals surface area contributed by atoms with Gasteiger partial charge in [0.1, 0.15) is 0 Å². The number of hydrogen-bond acceptors (Lipinski definition) is 4. The Balaban J connectivity index is 1.79. The van der Waals surface area contributed by atoms with Crippen molar-refractivity contribution in [3.8, 4) is 0 Å². The molecule has 0 bridgehead atoms. The molecule has 1 aromatic heterocycles. The Hall–Kier alpha value is -2.21. The van der Waals surface area contributed by atoms with Crippen LogP contribution in [0.5, 0.6) is 0 Å². The lowest BCUT2D eigenvalue weighted by molar-refractivity contribution is -0.116. The Morgan fingerprint density at radius 1 is 1.17 bits per heavy atom. The first-order valence-electron chi connectivity index (χ1n) is 7.86. The molecule has 0 unspecified atom stereocenters. The van der Waals surface area contributed by atoms with E-state index in [1.54, 1.807) is 0 Å². The van der Waals surface area contributed by atoms with E-state index in [9.17, 15) is 9.59 Å². The van der Waals surface area contributed by atoms with E-state index in [2.05, 4.69) is 36.4 Å². The summed E-state index contributed by atoms with van der Waals surface area (Å²) < 4.78 is 0. The highest BCUT2D eigenvalue weighted by Gasteiger charge is 2.14. The van der Waals surface area contributed by atoms with Crippen LogP contribution in [0.2, 0.25) is 0 Å². The van der Waals surface area contributed by atoms with Gasteiger partial charge in [-0.3, -0.25) is 9.59 Å². The van der Waals surface area contributed by atoms with Crippen molar-refractivity contribution >= 4 is 28.3 Å². The van der Waals surface area contributed by atoms with Crippen LogP contribution in [-0.4, -0.2) is 23.3 Å². The third-order valence-electron chi connectivity index (χ3n) is 3.52. The molecule has 1 aromatic carbocycles. The van der Waals surface area contributed by atoms with Crippen LogP contribution >= 0.6 is 11.3 Å². The predicted octanol–water partition coefficient (Wildman–Crippen LogP) is 3.51. The Bertz CT molecular complexity index is 715. The van der Waals surface area contributed by atoms with E-state index in [4.69, 9.17) is 0 Å². The maximum absolute atomic E-state index is 12.1. The summed E-state index contributed by atoms with van der Waals surface area (Å²) in [5, 5.41) is 7.94. The minimum atomic E-state index is -0.173. The van der Waals surface area contributed by atoms with E-state index in [0.29, 0.717) is 10.7 Å². The van der Waals surface area contributed by atoms with Gasteiger partial charge in [0.25, 0.3) is 5.91 Å². The minimum Gasteiger partial charge on any atom is -0.352 e. The SMILES string of the molecule is Cc1csc(NC(=O)CCNC(=O)c2ccc(C(C)(C)C)cc2)n1. The van der Waals surface area contributed by atoms with Crippen molar-refractivity contribution in [1.82, 2.24) is 10.3 Å². The second kappa shape index (κ2) is 7.57. The molecule has 0 spiro atoms. The first-order chi connectivity index (χ1) is 11.3. The van der Waals surface area contributed by atoms with Crippen molar-refractivity contribution in [2.75, 3.05) is 11.9 Å². The number of carbonyl (C=O) groups is 2. The molecule has 0 saturated heterocycles. The summed E-state index contributed by atoms with van der Waals surface area (Å²) in [6, 6.07) is 7.56. The number of benzene rings is 1. The zero-order valence-electron chi connectivity index (χ0n) is 14.5. The highest BCUT2D eigenvalue weighted by Crippen LogP contribution is 2.22. The van der Waals surface area contributed by atoms with Crippen molar-refractivity contribution < 1.29 is 9.59 Å². The van der Waals surface area contributed by atoms with Crippen molar-refractivity contribution in [3.63, 3.8) is 0 Å². The Kier molecular flexibility index (Phi) is 5.72. The predicted molar refractivity (Wildman–Crippen MR) is 97.6 cm³/mol. The van der Waals surface area contributed by atoms with Crippen molar-refractivity contribution in [1.29, 1.82) is 0 Å². The van der Waals surface area contributed by atoms with Gasteiger partial charge in [0.2, 0.25) is 5.91 Å². The molecule has 128 valence electrons. The summed E-state index contributed by atoms with van der Waals surface area (Å²) in [6.07, 6.45) is 0.213. The number of thiazole rings is 1. The largest absolute Gasteiger partial charge is 0.352 e. The van der Waals surface area contributed by atoms with E-state index in [1.807, 2.05) is 36.6 Å². The first kappa shape index (κ1) is 18.1. The summed E-state index contributed by atoms with van der Waals surface area (Å²) in [5.74, 6) is -0.332. The Morgan fingerprint density at radius 2 is 1.83 bits per heavy atom. The van der Waals surface area contributed by atoms with Crippen LogP contribution in [0.25, 0.3) is 0 Å². The van der Waals surface area contributed by atoms with Gasteiger partial charge < -0.3 is 10.6 Å². The number of amides is 2. The van der Waals surface area contributed by atoms with Crippen LogP contribution in [0.15, 0.2) is 29.6 Å². The summed E-state index contributed by atoms with van der Waals surface area (Å²) in [7, 11) is 0. The number of rotatable bonds is 5. The number of aryl methyl sites for hydroxylation is 1. The second-order valence-electron chi connectivity index (χ2n) is 6.68. The van der Waals surface area contributed by atoms with Gasteiger partial charge >= 0.3 is 0 Å². The first-order valence-corrected chi connectivity index (χ1v) is 8.74. The maximum atomic E-state index is 12.1. The molecule has 5 nitrogen and oxygen atoms in total. The van der Waals surface area contributed by atoms with Crippen LogP contribution in [0.3, 0.4) is 0 Å². The van der Waals surface area contributed by atoms with Gasteiger partial charge in [0.15, 0.2) is 5.13 Å². The quantitative estimate of drug-likeness (QED) is 0.871. The van der Waals surface area contributed by atoms with Crippen LogP contribution in [0.4, 0.5) is 5.13 Å². The number of carbonyl (C=O) groups excluding carboxylic acids is 2. The summed E-state index contributed by atoms with van der Waals surface area (Å²) in [5.41, 5.74) is 2.71. The molecule has 2 N–H and O–H groups in total. The molecule has 0 radical (unpaired) electrons. The van der Waals surface area contributed by atoms with Crippen LogP contribution in [-0.2, 0) is 10.2 Å². The summed E-state index contributed by atoms with van der Waals surface area (Å²) in [4.78, 5) is 28.1. The highest BCUT2D eigenvalue weighted by atomic mass is 32.1. The molecule has 2 aromatic rings. The number of hydrogen-bond donors (Lipinski definition) is 2. The molecule has 2 amide bonds. The lowest BCUT2D eigenvalue weighted by atomic mass is 9.87. The van der Waals surface area contributed by atoms with E-state index in [1.165, 1.54) is 16.9 Å². The molecule has 0 aliphatic heterocycles. The number of aromatic nitrogens is 1. The number of nitrogens with zero attached hydrogens (tertiary/aromatic N) is 1. The fourth-order valence-corrected chi connectivity index (χ4v) is 2.81. The van der Waals surface area contributed by atoms with Crippen molar-refractivity contribution in [3.05, 3.63) is 46.5 Å². The highest BCUT2D eigenvalue weighted by molar-refractivity contribution is 7.13. The zero-order chi connectivity index (χ0) is 17.7. The fourth-order valence-electron chi connectivity index (χ4n) is 2.11. The van der Waals surface area contributed by atoms with Crippen molar-refractivity contribution in [2.45, 2.75) is 39.5 Å². The van der Waals surface area contributed by atoms with E-state index in [-0.39, 0.29) is 30.2 Å². The Labute approximate surface area is 146 Å². The molecule has 0 saturated carbocycles. The van der Waals surface area contributed by atoms with Crippen LogP contribution in [0, 0.1) is 6.92 Å².